The van der Waals surface area contributed by atoms with Gasteiger partial charge < -0.3 is 10.2 Å². The highest BCUT2D eigenvalue weighted by atomic mass is 15.2. The van der Waals surface area contributed by atoms with Crippen molar-refractivity contribution in [2.75, 3.05) is 18.0 Å². The average molecular weight is 261 g/mol. The van der Waals surface area contributed by atoms with E-state index in [2.05, 4.69) is 54.3 Å². The first kappa shape index (κ1) is 14.3. The van der Waals surface area contributed by atoms with Crippen LogP contribution in [0, 0.1) is 0 Å². The van der Waals surface area contributed by atoms with E-state index < -0.39 is 0 Å². The van der Waals surface area contributed by atoms with Gasteiger partial charge in [-0.15, -0.1) is 0 Å². The van der Waals surface area contributed by atoms with Gasteiger partial charge >= 0.3 is 0 Å². The quantitative estimate of drug-likeness (QED) is 0.849. The first-order valence-corrected chi connectivity index (χ1v) is 7.76. The molecular formula is C16H27N3. The predicted molar refractivity (Wildman–Crippen MR) is 81.6 cm³/mol. The maximum atomic E-state index is 4.68. The predicted octanol–water partition coefficient (Wildman–Crippen LogP) is 3.52. The van der Waals surface area contributed by atoms with E-state index in [-0.39, 0.29) is 0 Å². The number of anilines is 1. The van der Waals surface area contributed by atoms with Gasteiger partial charge in [-0.3, -0.25) is 4.98 Å². The van der Waals surface area contributed by atoms with Gasteiger partial charge in [0.25, 0.3) is 0 Å². The van der Waals surface area contributed by atoms with Crippen molar-refractivity contribution < 1.29 is 0 Å². The fraction of sp³-hybridized carbons (Fsp3) is 0.688. The lowest BCUT2D eigenvalue weighted by Crippen LogP contribution is -2.28. The van der Waals surface area contributed by atoms with Gasteiger partial charge in [0, 0.05) is 18.6 Å². The summed E-state index contributed by atoms with van der Waals surface area (Å²) in [6.45, 7) is 8.81. The van der Waals surface area contributed by atoms with E-state index in [1.54, 1.807) is 0 Å². The molecule has 1 aromatic rings. The lowest BCUT2D eigenvalue weighted by molar-refractivity contribution is 0.524. The third kappa shape index (κ3) is 3.27. The molecule has 1 aliphatic rings. The van der Waals surface area contributed by atoms with Gasteiger partial charge in [0.15, 0.2) is 0 Å². The Morgan fingerprint density at radius 2 is 2.21 bits per heavy atom. The topological polar surface area (TPSA) is 28.2 Å². The maximum absolute atomic E-state index is 4.68. The fourth-order valence-electron chi connectivity index (χ4n) is 3.08. The van der Waals surface area contributed by atoms with E-state index >= 15 is 0 Å². The summed E-state index contributed by atoms with van der Waals surface area (Å²) in [5, 5.41) is 3.48. The van der Waals surface area contributed by atoms with Crippen LogP contribution in [0.25, 0.3) is 0 Å². The number of nitrogens with zero attached hydrogens (tertiary/aromatic N) is 2. The lowest BCUT2D eigenvalue weighted by atomic mass is 10.1. The van der Waals surface area contributed by atoms with Crippen LogP contribution in [0.15, 0.2) is 18.3 Å². The summed E-state index contributed by atoms with van der Waals surface area (Å²) in [4.78, 5) is 7.20. The second kappa shape index (κ2) is 6.90. The Morgan fingerprint density at radius 3 is 2.79 bits per heavy atom. The van der Waals surface area contributed by atoms with Gasteiger partial charge in [0.05, 0.1) is 17.6 Å². The smallest absolute Gasteiger partial charge is 0.0574 e. The van der Waals surface area contributed by atoms with Crippen LogP contribution in [0.4, 0.5) is 5.69 Å². The van der Waals surface area contributed by atoms with Gasteiger partial charge in [-0.05, 0) is 44.4 Å². The monoisotopic (exact) mass is 261 g/mol. The first-order chi connectivity index (χ1) is 9.30. The van der Waals surface area contributed by atoms with Crippen molar-refractivity contribution in [3.05, 3.63) is 24.0 Å². The molecule has 0 radical (unpaired) electrons. The second-order valence-electron chi connectivity index (χ2n) is 5.36. The Kier molecular flexibility index (Phi) is 5.20. The number of hydrogen-bond donors (Lipinski definition) is 1. The number of hydrogen-bond acceptors (Lipinski definition) is 3. The summed E-state index contributed by atoms with van der Waals surface area (Å²) in [6.07, 6.45) is 7.02. The van der Waals surface area contributed by atoms with Gasteiger partial charge in [0.1, 0.15) is 0 Å². The third-order valence-corrected chi connectivity index (χ3v) is 4.17. The molecule has 2 unspecified atom stereocenters. The second-order valence-corrected chi connectivity index (χ2v) is 5.36. The highest BCUT2D eigenvalue weighted by Crippen LogP contribution is 2.27. The molecule has 1 saturated heterocycles. The number of aromatic nitrogens is 1. The van der Waals surface area contributed by atoms with Crippen molar-refractivity contribution in [3.63, 3.8) is 0 Å². The van der Waals surface area contributed by atoms with Crippen molar-refractivity contribution in [2.24, 2.45) is 0 Å². The van der Waals surface area contributed by atoms with E-state index in [4.69, 9.17) is 0 Å². The molecule has 0 spiro atoms. The molecule has 0 bridgehead atoms. The van der Waals surface area contributed by atoms with E-state index in [9.17, 15) is 0 Å². The van der Waals surface area contributed by atoms with Crippen molar-refractivity contribution in [1.29, 1.82) is 0 Å². The number of nitrogens with one attached hydrogen (secondary N) is 1. The highest BCUT2D eigenvalue weighted by molar-refractivity contribution is 5.47. The maximum Gasteiger partial charge on any atom is 0.0574 e. The Morgan fingerprint density at radius 1 is 1.37 bits per heavy atom. The van der Waals surface area contributed by atoms with E-state index in [1.807, 2.05) is 0 Å². The van der Waals surface area contributed by atoms with Crippen molar-refractivity contribution in [3.8, 4) is 0 Å². The van der Waals surface area contributed by atoms with Gasteiger partial charge in [0.2, 0.25) is 0 Å². The highest BCUT2D eigenvalue weighted by Gasteiger charge is 2.23. The molecule has 0 saturated carbocycles. The summed E-state index contributed by atoms with van der Waals surface area (Å²) >= 11 is 0. The van der Waals surface area contributed by atoms with Crippen molar-refractivity contribution in [2.45, 2.75) is 58.5 Å². The normalized spacial score (nSPS) is 20.8. The largest absolute Gasteiger partial charge is 0.367 e. The summed E-state index contributed by atoms with van der Waals surface area (Å²) in [5.74, 6) is 0. The van der Waals surface area contributed by atoms with E-state index in [0.717, 1.165) is 13.0 Å². The van der Waals surface area contributed by atoms with Gasteiger partial charge in [-0.25, -0.2) is 0 Å². The van der Waals surface area contributed by atoms with Gasteiger partial charge in [-0.1, -0.05) is 20.8 Å². The number of rotatable bonds is 6. The SMILES string of the molecule is CCNC(CC)c1ccc(N2CCCC2CC)cn1. The molecule has 0 aromatic carbocycles. The van der Waals surface area contributed by atoms with Crippen LogP contribution in [0.2, 0.25) is 0 Å². The summed E-state index contributed by atoms with van der Waals surface area (Å²) in [6, 6.07) is 5.54. The summed E-state index contributed by atoms with van der Waals surface area (Å²) in [7, 11) is 0. The molecule has 2 rings (SSSR count). The van der Waals surface area contributed by atoms with E-state index in [1.165, 1.54) is 37.2 Å². The minimum atomic E-state index is 0.389. The van der Waals surface area contributed by atoms with Crippen LogP contribution in [0.1, 0.15) is 58.2 Å². The minimum absolute atomic E-state index is 0.389. The van der Waals surface area contributed by atoms with Crippen molar-refractivity contribution >= 4 is 5.69 Å². The van der Waals surface area contributed by atoms with Crippen LogP contribution in [0.5, 0.6) is 0 Å². The van der Waals surface area contributed by atoms with Gasteiger partial charge in [-0.2, -0.15) is 0 Å². The molecule has 106 valence electrons. The Labute approximate surface area is 117 Å². The standard InChI is InChI=1S/C16H27N3/c1-4-13-8-7-11-19(13)14-9-10-16(18-12-14)15(5-2)17-6-3/h9-10,12-13,15,17H,4-8,11H2,1-3H3. The Bertz CT molecular complexity index is 374. The van der Waals surface area contributed by atoms with Crippen LogP contribution < -0.4 is 10.2 Å². The lowest BCUT2D eigenvalue weighted by Gasteiger charge is -2.26. The molecule has 1 fully saturated rings. The Hall–Kier alpha value is -1.09. The molecule has 19 heavy (non-hydrogen) atoms. The molecule has 2 atom stereocenters. The zero-order valence-corrected chi connectivity index (χ0v) is 12.5. The fourth-order valence-corrected chi connectivity index (χ4v) is 3.08. The molecule has 1 N–H and O–H groups in total. The molecule has 1 aliphatic heterocycles. The van der Waals surface area contributed by atoms with Crippen LogP contribution in [-0.2, 0) is 0 Å². The minimum Gasteiger partial charge on any atom is -0.367 e. The molecule has 1 aromatic heterocycles. The average Bonchev–Trinajstić information content (AvgIpc) is 2.93. The van der Waals surface area contributed by atoms with E-state index in [0.29, 0.717) is 12.1 Å². The van der Waals surface area contributed by atoms with Crippen LogP contribution >= 0.6 is 0 Å². The molecular weight excluding hydrogens is 234 g/mol. The first-order valence-electron chi connectivity index (χ1n) is 7.76. The molecule has 3 heteroatoms. The van der Waals surface area contributed by atoms with Crippen molar-refractivity contribution in [1.82, 2.24) is 10.3 Å². The molecule has 2 heterocycles. The summed E-state index contributed by atoms with van der Waals surface area (Å²) in [5.41, 5.74) is 2.46. The van der Waals surface area contributed by atoms with Crippen LogP contribution in [-0.4, -0.2) is 24.1 Å². The molecule has 0 amide bonds. The Balaban J connectivity index is 2.09. The third-order valence-electron chi connectivity index (χ3n) is 4.17. The summed E-state index contributed by atoms with van der Waals surface area (Å²) < 4.78 is 0. The molecule has 0 aliphatic carbocycles. The zero-order chi connectivity index (χ0) is 13.7. The number of pyridine rings is 1. The molecule has 3 nitrogen and oxygen atoms in total. The van der Waals surface area contributed by atoms with Crippen LogP contribution in [0.3, 0.4) is 0 Å². The zero-order valence-electron chi connectivity index (χ0n) is 12.5.